The Balaban J connectivity index is 1.51. The van der Waals surface area contributed by atoms with Crippen molar-refractivity contribution in [2.24, 2.45) is 0 Å². The highest BCUT2D eigenvalue weighted by Gasteiger charge is 2.19. The van der Waals surface area contributed by atoms with Gasteiger partial charge in [-0.25, -0.2) is 0 Å². The van der Waals surface area contributed by atoms with Crippen LogP contribution >= 0.6 is 7.92 Å². The van der Waals surface area contributed by atoms with E-state index in [-0.39, 0.29) is 0 Å². The fourth-order valence-corrected chi connectivity index (χ4v) is 6.54. The quantitative estimate of drug-likeness (QED) is 0.317. The zero-order chi connectivity index (χ0) is 22.7. The first-order valence-electron chi connectivity index (χ1n) is 10.9. The first kappa shape index (κ1) is 20.3. The molecule has 6 rings (SSSR count). The van der Waals surface area contributed by atoms with Crippen molar-refractivity contribution in [1.29, 1.82) is 0 Å². The fourth-order valence-electron chi connectivity index (χ4n) is 4.13. The molecule has 0 amide bonds. The van der Waals surface area contributed by atoms with E-state index in [2.05, 4.69) is 103 Å². The summed E-state index contributed by atoms with van der Waals surface area (Å²) in [4.78, 5) is 0. The van der Waals surface area contributed by atoms with Crippen LogP contribution in [0.1, 0.15) is 0 Å². The Morgan fingerprint density at radius 1 is 0.441 bits per heavy atom. The molecule has 3 N–H and O–H groups in total. The summed E-state index contributed by atoms with van der Waals surface area (Å²) in [5, 5.41) is 25.5. The van der Waals surface area contributed by atoms with Gasteiger partial charge in [0.1, 0.15) is 0 Å². The van der Waals surface area contributed by atoms with Gasteiger partial charge in [-0.2, -0.15) is 15.3 Å². The van der Waals surface area contributed by atoms with Gasteiger partial charge in [-0.05, 0) is 60.2 Å². The van der Waals surface area contributed by atoms with Crippen molar-refractivity contribution in [3.05, 3.63) is 110 Å². The number of rotatable bonds is 6. The van der Waals surface area contributed by atoms with Crippen LogP contribution in [0.4, 0.5) is 0 Å². The maximum absolute atomic E-state index is 4.13. The molecule has 3 heterocycles. The molecule has 7 heteroatoms. The molecule has 3 aromatic carbocycles. The largest absolute Gasteiger partial charge is 0.278 e. The number of H-pyrrole nitrogens is 3. The number of nitrogens with one attached hydrogen (secondary N) is 3. The normalized spacial score (nSPS) is 11.2. The first-order chi connectivity index (χ1) is 16.8. The molecule has 0 radical (unpaired) electrons. The van der Waals surface area contributed by atoms with E-state index in [4.69, 9.17) is 0 Å². The van der Waals surface area contributed by atoms with E-state index in [0.29, 0.717) is 0 Å². The van der Waals surface area contributed by atoms with Crippen molar-refractivity contribution < 1.29 is 0 Å². The Labute approximate surface area is 197 Å². The van der Waals surface area contributed by atoms with Crippen LogP contribution in [0.2, 0.25) is 0 Å². The second kappa shape index (κ2) is 8.93. The molecule has 0 saturated heterocycles. The molecule has 0 spiro atoms. The highest BCUT2D eigenvalue weighted by atomic mass is 31.1. The average molecular weight is 460 g/mol. The molecule has 0 fully saturated rings. The summed E-state index contributed by atoms with van der Waals surface area (Å²) in [6.45, 7) is 0. The number of hydrogen-bond acceptors (Lipinski definition) is 3. The van der Waals surface area contributed by atoms with E-state index in [1.165, 1.54) is 15.9 Å². The van der Waals surface area contributed by atoms with Gasteiger partial charge >= 0.3 is 0 Å². The van der Waals surface area contributed by atoms with Gasteiger partial charge in [0, 0.05) is 35.3 Å². The van der Waals surface area contributed by atoms with E-state index in [1.54, 1.807) is 18.6 Å². The Morgan fingerprint density at radius 3 is 1.09 bits per heavy atom. The Bertz CT molecular complexity index is 1320. The molecule has 0 unspecified atom stereocenters. The number of hydrogen-bond donors (Lipinski definition) is 3. The number of aromatic amines is 3. The van der Waals surface area contributed by atoms with Crippen LogP contribution in [-0.2, 0) is 0 Å². The third-order valence-electron chi connectivity index (χ3n) is 5.75. The summed E-state index contributed by atoms with van der Waals surface area (Å²) in [7, 11) is -0.825. The lowest BCUT2D eigenvalue weighted by molar-refractivity contribution is 1.10. The standard InChI is InChI=1S/C27H21N6P/c1-4-19(25-10-13-28-31-25)16-22(7-1)34(23-8-2-5-20(17-23)26-11-14-29-32-26)24-9-3-6-21(18-24)27-12-15-30-33-27/h1-18H,(H,28,31)(H,29,32)(H,30,33). The zero-order valence-corrected chi connectivity index (χ0v) is 19.1. The van der Waals surface area contributed by atoms with Gasteiger partial charge in [0.05, 0.1) is 17.1 Å². The second-order valence-corrected chi connectivity index (χ2v) is 10.1. The molecule has 0 atom stereocenters. The number of nitrogens with zero attached hydrogens (tertiary/aromatic N) is 3. The minimum atomic E-state index is -0.825. The summed E-state index contributed by atoms with van der Waals surface area (Å²) < 4.78 is 0. The van der Waals surface area contributed by atoms with Crippen molar-refractivity contribution in [2.75, 3.05) is 0 Å². The van der Waals surface area contributed by atoms with Crippen LogP contribution in [0.15, 0.2) is 110 Å². The van der Waals surface area contributed by atoms with Crippen molar-refractivity contribution in [3.8, 4) is 33.8 Å². The van der Waals surface area contributed by atoms with Gasteiger partial charge < -0.3 is 0 Å². The van der Waals surface area contributed by atoms with Crippen LogP contribution in [0, 0.1) is 0 Å². The lowest BCUT2D eigenvalue weighted by Gasteiger charge is -2.21. The predicted octanol–water partition coefficient (Wildman–Crippen LogP) is 4.62. The minimum Gasteiger partial charge on any atom is -0.278 e. The maximum atomic E-state index is 4.13. The van der Waals surface area contributed by atoms with Crippen LogP contribution in [0.3, 0.4) is 0 Å². The predicted molar refractivity (Wildman–Crippen MR) is 138 cm³/mol. The molecular formula is C27H21N6P. The van der Waals surface area contributed by atoms with Crippen molar-refractivity contribution in [3.63, 3.8) is 0 Å². The molecule has 6 nitrogen and oxygen atoms in total. The van der Waals surface area contributed by atoms with E-state index in [1.807, 2.05) is 18.2 Å². The minimum absolute atomic E-state index is 0.825. The molecular weight excluding hydrogens is 439 g/mol. The number of aromatic nitrogens is 6. The molecule has 0 saturated carbocycles. The third-order valence-corrected chi connectivity index (χ3v) is 8.13. The first-order valence-corrected chi connectivity index (χ1v) is 12.3. The molecule has 0 aliphatic rings. The Hall–Kier alpha value is -4.28. The van der Waals surface area contributed by atoms with Crippen LogP contribution in [0.25, 0.3) is 33.8 Å². The fraction of sp³-hybridized carbons (Fsp3) is 0. The highest BCUT2D eigenvalue weighted by Crippen LogP contribution is 2.36. The van der Waals surface area contributed by atoms with E-state index in [0.717, 1.165) is 33.8 Å². The van der Waals surface area contributed by atoms with Gasteiger partial charge in [0.25, 0.3) is 0 Å². The van der Waals surface area contributed by atoms with Crippen molar-refractivity contribution in [1.82, 2.24) is 30.6 Å². The molecule has 164 valence electrons. The molecule has 3 aromatic heterocycles. The summed E-state index contributed by atoms with van der Waals surface area (Å²) in [6, 6.07) is 32.2. The SMILES string of the molecule is c1cc(-c2ccn[nH]2)cc(P(c2cccc(-c3ccn[nH]3)c2)c2cccc(-c3ccn[nH]3)c2)c1. The van der Waals surface area contributed by atoms with Gasteiger partial charge in [-0.3, -0.25) is 15.3 Å². The molecule has 0 aliphatic heterocycles. The summed E-state index contributed by atoms with van der Waals surface area (Å²) in [6.07, 6.45) is 5.35. The lowest BCUT2D eigenvalue weighted by Crippen LogP contribution is -2.21. The molecule has 0 bridgehead atoms. The zero-order valence-electron chi connectivity index (χ0n) is 18.2. The topological polar surface area (TPSA) is 86.0 Å². The highest BCUT2D eigenvalue weighted by molar-refractivity contribution is 7.79. The molecule has 0 aliphatic carbocycles. The van der Waals surface area contributed by atoms with Crippen LogP contribution in [-0.4, -0.2) is 30.6 Å². The maximum Gasteiger partial charge on any atom is 0.0650 e. The summed E-state index contributed by atoms with van der Waals surface area (Å²) in [5.74, 6) is 0. The van der Waals surface area contributed by atoms with E-state index >= 15 is 0 Å². The monoisotopic (exact) mass is 460 g/mol. The average Bonchev–Trinajstić information content (AvgIpc) is 3.68. The lowest BCUT2D eigenvalue weighted by atomic mass is 10.1. The second-order valence-electron chi connectivity index (χ2n) is 7.90. The van der Waals surface area contributed by atoms with Crippen LogP contribution < -0.4 is 15.9 Å². The van der Waals surface area contributed by atoms with E-state index < -0.39 is 7.92 Å². The summed E-state index contributed by atoms with van der Waals surface area (Å²) >= 11 is 0. The Morgan fingerprint density at radius 2 is 0.794 bits per heavy atom. The van der Waals surface area contributed by atoms with Crippen molar-refractivity contribution >= 4 is 23.8 Å². The smallest absolute Gasteiger partial charge is 0.0650 e. The van der Waals surface area contributed by atoms with Crippen LogP contribution in [0.5, 0.6) is 0 Å². The third kappa shape index (κ3) is 3.96. The van der Waals surface area contributed by atoms with Crippen molar-refractivity contribution in [2.45, 2.75) is 0 Å². The molecule has 34 heavy (non-hydrogen) atoms. The van der Waals surface area contributed by atoms with Gasteiger partial charge in [-0.15, -0.1) is 0 Å². The Kier molecular flexibility index (Phi) is 5.34. The number of benzene rings is 3. The van der Waals surface area contributed by atoms with Gasteiger partial charge in [0.2, 0.25) is 0 Å². The van der Waals surface area contributed by atoms with Gasteiger partial charge in [0.15, 0.2) is 0 Å². The molecule has 6 aromatic rings. The van der Waals surface area contributed by atoms with Gasteiger partial charge in [-0.1, -0.05) is 54.6 Å². The summed E-state index contributed by atoms with van der Waals surface area (Å²) in [5.41, 5.74) is 6.39. The van der Waals surface area contributed by atoms with E-state index in [9.17, 15) is 0 Å².